The van der Waals surface area contributed by atoms with Crippen molar-refractivity contribution < 1.29 is 18.8 Å². The molecule has 9 nitrogen and oxygen atoms in total. The monoisotopic (exact) mass is 459 g/mol. The molecule has 0 saturated carbocycles. The molecule has 0 atom stereocenters. The quantitative estimate of drug-likeness (QED) is 0.0947. The molecule has 170 valence electrons. The van der Waals surface area contributed by atoms with Gasteiger partial charge in [-0.1, -0.05) is 24.4 Å². The van der Waals surface area contributed by atoms with Crippen LogP contribution in [0.25, 0.3) is 0 Å². The largest absolute Gasteiger partial charge is 0.494 e. The van der Waals surface area contributed by atoms with Gasteiger partial charge in [0.1, 0.15) is 5.75 Å². The van der Waals surface area contributed by atoms with E-state index in [1.54, 1.807) is 41.2 Å². The van der Waals surface area contributed by atoms with E-state index < -0.39 is 5.97 Å². The molecule has 4 N–H and O–H groups in total. The van der Waals surface area contributed by atoms with Crippen molar-refractivity contribution in [2.24, 2.45) is 16.5 Å². The number of guanidine groups is 1. The number of unbranched alkanes of at least 4 members (excludes halogenated alkanes) is 3. The Labute approximate surface area is 192 Å². The predicted octanol–water partition coefficient (Wildman–Crippen LogP) is 2.46. The summed E-state index contributed by atoms with van der Waals surface area (Å²) in [4.78, 5) is 16.7. The van der Waals surface area contributed by atoms with Crippen LogP contribution in [0.1, 0.15) is 25.7 Å². The summed E-state index contributed by atoms with van der Waals surface area (Å²) >= 11 is 5.85. The number of aliphatic imine (C=N–C) groups is 1. The molecule has 0 fully saturated rings. The van der Waals surface area contributed by atoms with E-state index in [9.17, 15) is 10.1 Å². The van der Waals surface area contributed by atoms with Crippen molar-refractivity contribution in [1.29, 1.82) is 5.26 Å². The molecule has 32 heavy (non-hydrogen) atoms. The summed E-state index contributed by atoms with van der Waals surface area (Å²) in [6, 6.07) is 10.7. The SMILES string of the molecule is N#CN(CCCCCCOc1ccc(Cl)cc1)C(N)=Nc1cc[n+](COC(=O)CN)cc1. The van der Waals surface area contributed by atoms with Gasteiger partial charge in [-0.25, -0.2) is 9.89 Å². The second-order valence-corrected chi connectivity index (χ2v) is 7.29. The molecule has 0 aliphatic carbocycles. The van der Waals surface area contributed by atoms with Gasteiger partial charge in [0.15, 0.2) is 18.6 Å². The molecule has 2 aromatic rings. The Kier molecular flexibility index (Phi) is 10.8. The fourth-order valence-corrected chi connectivity index (χ4v) is 2.80. The van der Waals surface area contributed by atoms with Gasteiger partial charge in [0.25, 0.3) is 6.73 Å². The Morgan fingerprint density at radius 3 is 2.47 bits per heavy atom. The van der Waals surface area contributed by atoms with Crippen molar-refractivity contribution in [3.63, 3.8) is 0 Å². The lowest BCUT2D eigenvalue weighted by molar-refractivity contribution is -0.727. The number of hydrogen-bond acceptors (Lipinski definition) is 6. The molecule has 0 radical (unpaired) electrons. The topological polar surface area (TPSA) is 131 Å². The molecule has 0 aliphatic heterocycles. The average Bonchev–Trinajstić information content (AvgIpc) is 2.81. The van der Waals surface area contributed by atoms with E-state index in [2.05, 4.69) is 11.2 Å². The first-order valence-electron chi connectivity index (χ1n) is 10.3. The summed E-state index contributed by atoms with van der Waals surface area (Å²) in [6.45, 7) is 1.02. The Balaban J connectivity index is 1.68. The summed E-state index contributed by atoms with van der Waals surface area (Å²) in [5.74, 6) is 0.450. The minimum absolute atomic E-state index is 0.0601. The number of pyridine rings is 1. The molecular weight excluding hydrogens is 432 g/mol. The second kappa shape index (κ2) is 13.9. The molecular formula is C22H28ClN6O3+. The molecule has 0 spiro atoms. The van der Waals surface area contributed by atoms with Gasteiger partial charge in [-0.3, -0.25) is 4.79 Å². The molecule has 0 unspecified atom stereocenters. The van der Waals surface area contributed by atoms with Crippen LogP contribution in [0, 0.1) is 11.5 Å². The lowest BCUT2D eigenvalue weighted by atomic mass is 10.2. The molecule has 10 heteroatoms. The zero-order chi connectivity index (χ0) is 23.2. The number of nitrogens with zero attached hydrogens (tertiary/aromatic N) is 4. The first-order valence-corrected chi connectivity index (χ1v) is 10.6. The van der Waals surface area contributed by atoms with Gasteiger partial charge < -0.3 is 20.9 Å². The predicted molar refractivity (Wildman–Crippen MR) is 121 cm³/mol. The van der Waals surface area contributed by atoms with Crippen LogP contribution in [0.5, 0.6) is 5.75 Å². The number of esters is 1. The van der Waals surface area contributed by atoms with Gasteiger partial charge >= 0.3 is 5.97 Å². The molecule has 0 aliphatic rings. The highest BCUT2D eigenvalue weighted by molar-refractivity contribution is 6.30. The number of hydrogen-bond donors (Lipinski definition) is 2. The van der Waals surface area contributed by atoms with Crippen molar-refractivity contribution >= 4 is 29.2 Å². The van der Waals surface area contributed by atoms with Crippen LogP contribution in [0.3, 0.4) is 0 Å². The third kappa shape index (κ3) is 9.20. The minimum Gasteiger partial charge on any atom is -0.494 e. The number of ether oxygens (including phenoxy) is 2. The van der Waals surface area contributed by atoms with E-state index in [0.29, 0.717) is 23.9 Å². The van der Waals surface area contributed by atoms with E-state index in [1.807, 2.05) is 12.1 Å². The summed E-state index contributed by atoms with van der Waals surface area (Å²) in [5, 5.41) is 10.1. The van der Waals surface area contributed by atoms with Crippen LogP contribution in [-0.4, -0.2) is 36.5 Å². The van der Waals surface area contributed by atoms with E-state index >= 15 is 0 Å². The Morgan fingerprint density at radius 1 is 1.12 bits per heavy atom. The van der Waals surface area contributed by atoms with E-state index in [0.717, 1.165) is 31.4 Å². The number of aromatic nitrogens is 1. The third-order valence-corrected chi connectivity index (χ3v) is 4.67. The van der Waals surface area contributed by atoms with Gasteiger partial charge in [-0.2, -0.15) is 9.83 Å². The Hall–Kier alpha value is -3.35. The Morgan fingerprint density at radius 2 is 1.81 bits per heavy atom. The molecule has 2 rings (SSSR count). The summed E-state index contributed by atoms with van der Waals surface area (Å²) < 4.78 is 12.3. The number of carbonyl (C=O) groups excluding carboxylic acids is 1. The molecule has 0 saturated heterocycles. The first kappa shape index (κ1) is 24.9. The normalized spacial score (nSPS) is 11.0. The first-order chi connectivity index (χ1) is 15.5. The highest BCUT2D eigenvalue weighted by Gasteiger charge is 2.09. The van der Waals surface area contributed by atoms with Gasteiger partial charge in [0, 0.05) is 23.7 Å². The van der Waals surface area contributed by atoms with Crippen molar-refractivity contribution in [2.45, 2.75) is 32.4 Å². The summed E-state index contributed by atoms with van der Waals surface area (Å²) in [5.41, 5.74) is 11.8. The van der Waals surface area contributed by atoms with Crippen LogP contribution in [-0.2, 0) is 16.3 Å². The number of nitrogens with two attached hydrogens (primary N) is 2. The van der Waals surface area contributed by atoms with Crippen LogP contribution >= 0.6 is 11.6 Å². The Bertz CT molecular complexity index is 913. The minimum atomic E-state index is -0.484. The van der Waals surface area contributed by atoms with E-state index in [4.69, 9.17) is 32.5 Å². The van der Waals surface area contributed by atoms with Crippen LogP contribution in [0.15, 0.2) is 53.8 Å². The summed E-state index contributed by atoms with van der Waals surface area (Å²) in [6.07, 6.45) is 9.12. The van der Waals surface area contributed by atoms with E-state index in [-0.39, 0.29) is 19.2 Å². The van der Waals surface area contributed by atoms with Crippen molar-refractivity contribution in [1.82, 2.24) is 4.90 Å². The highest BCUT2D eigenvalue weighted by atomic mass is 35.5. The molecule has 0 bridgehead atoms. The fraction of sp³-hybridized carbons (Fsp3) is 0.364. The number of carbonyl (C=O) groups is 1. The lowest BCUT2D eigenvalue weighted by Gasteiger charge is -2.14. The smallest absolute Gasteiger partial charge is 0.324 e. The number of nitriles is 1. The van der Waals surface area contributed by atoms with Gasteiger partial charge in [0.05, 0.1) is 18.8 Å². The highest BCUT2D eigenvalue weighted by Crippen LogP contribution is 2.16. The zero-order valence-electron chi connectivity index (χ0n) is 17.8. The number of halogens is 1. The van der Waals surface area contributed by atoms with E-state index in [1.165, 1.54) is 4.90 Å². The van der Waals surface area contributed by atoms with Gasteiger partial charge in [-0.15, -0.1) is 0 Å². The maximum absolute atomic E-state index is 11.1. The van der Waals surface area contributed by atoms with Crippen molar-refractivity contribution in [2.75, 3.05) is 19.7 Å². The van der Waals surface area contributed by atoms with Gasteiger partial charge in [-0.05, 0) is 37.1 Å². The maximum atomic E-state index is 11.1. The number of rotatable bonds is 12. The second-order valence-electron chi connectivity index (χ2n) is 6.86. The van der Waals surface area contributed by atoms with Crippen LogP contribution in [0.4, 0.5) is 5.69 Å². The lowest BCUT2D eigenvalue weighted by Crippen LogP contribution is -2.36. The molecule has 0 amide bonds. The van der Waals surface area contributed by atoms with Crippen molar-refractivity contribution in [3.05, 3.63) is 53.8 Å². The third-order valence-electron chi connectivity index (χ3n) is 4.41. The average molecular weight is 460 g/mol. The standard InChI is InChI=1S/C22H27ClN6O3/c23-18-5-7-20(8-6-18)31-14-4-2-1-3-11-29(16-25)22(26)27-19-9-12-28(13-10-19)17-32-21(30)15-24/h5-10,12-13,26H,1-4,11,14-15,17,24H2/p+1. The van der Waals surface area contributed by atoms with Crippen molar-refractivity contribution in [3.8, 4) is 11.9 Å². The van der Waals surface area contributed by atoms with Crippen LogP contribution in [0.2, 0.25) is 5.02 Å². The fourth-order valence-electron chi connectivity index (χ4n) is 2.67. The molecule has 1 aromatic carbocycles. The zero-order valence-corrected chi connectivity index (χ0v) is 18.6. The van der Waals surface area contributed by atoms with Gasteiger partial charge in [0.2, 0.25) is 5.96 Å². The molecule has 1 aromatic heterocycles. The molecule has 1 heterocycles. The van der Waals surface area contributed by atoms with Crippen LogP contribution < -0.4 is 20.8 Å². The maximum Gasteiger partial charge on any atom is 0.324 e. The number of benzene rings is 1. The summed E-state index contributed by atoms with van der Waals surface area (Å²) in [7, 11) is 0.